The normalized spacial score (nSPS) is 20.5. The topological polar surface area (TPSA) is 62.8 Å². The van der Waals surface area contributed by atoms with E-state index in [-0.39, 0.29) is 12.1 Å². The third-order valence-electron chi connectivity index (χ3n) is 4.42. The van der Waals surface area contributed by atoms with Gasteiger partial charge in [-0.05, 0) is 56.1 Å². The Balaban J connectivity index is 1.43. The standard InChI is InChI=1S/C17H25N3O3/c1-22-15-4-5-16-13(11-15)10-14(12-23-16)19-17(21)18-6-9-20-7-2-3-8-20/h4-5,11,14H,2-3,6-10,12H2,1H3,(H2,18,19,21). The van der Waals surface area contributed by atoms with Crippen LogP contribution in [0, 0.1) is 0 Å². The molecular formula is C17H25N3O3. The first-order chi connectivity index (χ1) is 11.2. The molecule has 0 aromatic heterocycles. The summed E-state index contributed by atoms with van der Waals surface area (Å²) in [5, 5.41) is 5.92. The van der Waals surface area contributed by atoms with Gasteiger partial charge in [0.25, 0.3) is 0 Å². The first-order valence-corrected chi connectivity index (χ1v) is 8.31. The maximum atomic E-state index is 12.0. The second-order valence-electron chi connectivity index (χ2n) is 6.13. The molecule has 2 aliphatic rings. The number of likely N-dealkylation sites (tertiary alicyclic amines) is 1. The molecule has 1 aromatic carbocycles. The molecule has 2 N–H and O–H groups in total. The highest BCUT2D eigenvalue weighted by atomic mass is 16.5. The molecule has 23 heavy (non-hydrogen) atoms. The summed E-state index contributed by atoms with van der Waals surface area (Å²) in [5.41, 5.74) is 1.07. The van der Waals surface area contributed by atoms with Crippen LogP contribution in [0.25, 0.3) is 0 Å². The Kier molecular flexibility index (Phi) is 5.23. The first kappa shape index (κ1) is 15.9. The minimum atomic E-state index is -0.121. The zero-order valence-corrected chi connectivity index (χ0v) is 13.6. The molecule has 126 valence electrons. The Morgan fingerprint density at radius 1 is 1.39 bits per heavy atom. The van der Waals surface area contributed by atoms with Crippen molar-refractivity contribution in [1.82, 2.24) is 15.5 Å². The van der Waals surface area contributed by atoms with Crippen molar-refractivity contribution in [2.24, 2.45) is 0 Å². The fourth-order valence-electron chi connectivity index (χ4n) is 3.16. The van der Waals surface area contributed by atoms with Crippen LogP contribution in [0.2, 0.25) is 0 Å². The summed E-state index contributed by atoms with van der Waals surface area (Å²) in [6.45, 7) is 4.41. The lowest BCUT2D eigenvalue weighted by Crippen LogP contribution is -2.48. The molecule has 1 unspecified atom stereocenters. The largest absolute Gasteiger partial charge is 0.497 e. The van der Waals surface area contributed by atoms with Crippen LogP contribution in [0.3, 0.4) is 0 Å². The number of nitrogens with one attached hydrogen (secondary N) is 2. The number of benzene rings is 1. The van der Waals surface area contributed by atoms with Crippen molar-refractivity contribution in [3.63, 3.8) is 0 Å². The number of amides is 2. The molecule has 1 atom stereocenters. The van der Waals surface area contributed by atoms with Crippen LogP contribution in [-0.2, 0) is 6.42 Å². The van der Waals surface area contributed by atoms with Gasteiger partial charge in [0.15, 0.2) is 0 Å². The van der Waals surface area contributed by atoms with Crippen molar-refractivity contribution >= 4 is 6.03 Å². The van der Waals surface area contributed by atoms with Gasteiger partial charge in [-0.25, -0.2) is 4.79 Å². The van der Waals surface area contributed by atoms with E-state index in [0.29, 0.717) is 13.2 Å². The Bertz CT molecular complexity index is 544. The highest BCUT2D eigenvalue weighted by Crippen LogP contribution is 2.28. The molecule has 0 radical (unpaired) electrons. The van der Waals surface area contributed by atoms with Crippen LogP contribution in [0.1, 0.15) is 18.4 Å². The van der Waals surface area contributed by atoms with E-state index in [0.717, 1.165) is 43.1 Å². The molecule has 2 amide bonds. The number of fused-ring (bicyclic) bond motifs is 1. The third kappa shape index (κ3) is 4.28. The molecule has 0 bridgehead atoms. The molecular weight excluding hydrogens is 294 g/mol. The van der Waals surface area contributed by atoms with Crippen molar-refractivity contribution in [2.75, 3.05) is 39.9 Å². The van der Waals surface area contributed by atoms with Crippen LogP contribution in [0.15, 0.2) is 18.2 Å². The van der Waals surface area contributed by atoms with Gasteiger partial charge in [-0.1, -0.05) is 0 Å². The molecule has 2 aliphatic heterocycles. The quantitative estimate of drug-likeness (QED) is 0.861. The van der Waals surface area contributed by atoms with E-state index in [1.807, 2.05) is 18.2 Å². The summed E-state index contributed by atoms with van der Waals surface area (Å²) < 4.78 is 11.0. The van der Waals surface area contributed by atoms with E-state index >= 15 is 0 Å². The molecule has 2 heterocycles. The highest BCUT2D eigenvalue weighted by molar-refractivity contribution is 5.74. The fourth-order valence-corrected chi connectivity index (χ4v) is 3.16. The lowest BCUT2D eigenvalue weighted by atomic mass is 10.0. The molecule has 0 aliphatic carbocycles. The Morgan fingerprint density at radius 3 is 3.00 bits per heavy atom. The lowest BCUT2D eigenvalue weighted by molar-refractivity contribution is 0.213. The van der Waals surface area contributed by atoms with Crippen molar-refractivity contribution in [3.05, 3.63) is 23.8 Å². The number of urea groups is 1. The minimum absolute atomic E-state index is 0.0126. The van der Waals surface area contributed by atoms with Gasteiger partial charge in [-0.2, -0.15) is 0 Å². The van der Waals surface area contributed by atoms with Crippen LogP contribution in [0.5, 0.6) is 11.5 Å². The van der Waals surface area contributed by atoms with E-state index in [1.54, 1.807) is 7.11 Å². The molecule has 3 rings (SSSR count). The molecule has 0 saturated carbocycles. The van der Waals surface area contributed by atoms with Crippen molar-refractivity contribution in [2.45, 2.75) is 25.3 Å². The average Bonchev–Trinajstić information content (AvgIpc) is 3.07. The number of hydrogen-bond donors (Lipinski definition) is 2. The Labute approximate surface area is 137 Å². The Morgan fingerprint density at radius 2 is 2.22 bits per heavy atom. The fraction of sp³-hybridized carbons (Fsp3) is 0.588. The van der Waals surface area contributed by atoms with Gasteiger partial charge in [-0.3, -0.25) is 0 Å². The predicted molar refractivity (Wildman–Crippen MR) is 88.2 cm³/mol. The second kappa shape index (κ2) is 7.55. The van der Waals surface area contributed by atoms with Gasteiger partial charge in [-0.15, -0.1) is 0 Å². The summed E-state index contributed by atoms with van der Waals surface area (Å²) in [4.78, 5) is 14.4. The molecule has 1 fully saturated rings. The van der Waals surface area contributed by atoms with E-state index in [1.165, 1.54) is 12.8 Å². The maximum absolute atomic E-state index is 12.0. The smallest absolute Gasteiger partial charge is 0.315 e. The van der Waals surface area contributed by atoms with E-state index in [2.05, 4.69) is 15.5 Å². The number of rotatable bonds is 5. The summed E-state index contributed by atoms with van der Waals surface area (Å²) in [5.74, 6) is 1.68. The average molecular weight is 319 g/mol. The van der Waals surface area contributed by atoms with Gasteiger partial charge < -0.3 is 25.0 Å². The molecule has 6 nitrogen and oxygen atoms in total. The number of nitrogens with zero attached hydrogens (tertiary/aromatic N) is 1. The number of hydrogen-bond acceptors (Lipinski definition) is 4. The second-order valence-corrected chi connectivity index (χ2v) is 6.13. The van der Waals surface area contributed by atoms with Crippen LogP contribution in [-0.4, -0.2) is 56.9 Å². The lowest BCUT2D eigenvalue weighted by Gasteiger charge is -2.26. The summed E-state index contributed by atoms with van der Waals surface area (Å²) >= 11 is 0. The van der Waals surface area contributed by atoms with Gasteiger partial charge in [0, 0.05) is 13.1 Å². The Hall–Kier alpha value is -1.95. The summed E-state index contributed by atoms with van der Waals surface area (Å²) in [6.07, 6.45) is 3.30. The van der Waals surface area contributed by atoms with E-state index in [4.69, 9.17) is 9.47 Å². The highest BCUT2D eigenvalue weighted by Gasteiger charge is 2.22. The summed E-state index contributed by atoms with van der Waals surface area (Å²) in [7, 11) is 1.65. The number of ether oxygens (including phenoxy) is 2. The van der Waals surface area contributed by atoms with Crippen LogP contribution in [0.4, 0.5) is 4.79 Å². The monoisotopic (exact) mass is 319 g/mol. The molecule has 1 saturated heterocycles. The zero-order chi connectivity index (χ0) is 16.1. The van der Waals surface area contributed by atoms with Crippen LogP contribution >= 0.6 is 0 Å². The van der Waals surface area contributed by atoms with Crippen molar-refractivity contribution in [1.29, 1.82) is 0 Å². The van der Waals surface area contributed by atoms with Gasteiger partial charge >= 0.3 is 6.03 Å². The van der Waals surface area contributed by atoms with Crippen molar-refractivity contribution in [3.8, 4) is 11.5 Å². The molecule has 6 heteroatoms. The van der Waals surface area contributed by atoms with Crippen molar-refractivity contribution < 1.29 is 14.3 Å². The third-order valence-corrected chi connectivity index (χ3v) is 4.42. The number of methoxy groups -OCH3 is 1. The molecule has 1 aromatic rings. The van der Waals surface area contributed by atoms with E-state index in [9.17, 15) is 4.79 Å². The van der Waals surface area contributed by atoms with E-state index < -0.39 is 0 Å². The van der Waals surface area contributed by atoms with Crippen LogP contribution < -0.4 is 20.1 Å². The predicted octanol–water partition coefficient (Wildman–Crippen LogP) is 1.39. The first-order valence-electron chi connectivity index (χ1n) is 8.31. The maximum Gasteiger partial charge on any atom is 0.315 e. The number of carbonyl (C=O) groups excluding carboxylic acids is 1. The zero-order valence-electron chi connectivity index (χ0n) is 13.6. The minimum Gasteiger partial charge on any atom is -0.497 e. The van der Waals surface area contributed by atoms with Gasteiger partial charge in [0.1, 0.15) is 18.1 Å². The number of carbonyl (C=O) groups is 1. The SMILES string of the molecule is COc1ccc2c(c1)CC(NC(=O)NCCN1CCCC1)CO2. The summed E-state index contributed by atoms with van der Waals surface area (Å²) in [6, 6.07) is 5.64. The van der Waals surface area contributed by atoms with Gasteiger partial charge in [0.05, 0.1) is 13.2 Å². The molecule has 0 spiro atoms. The van der Waals surface area contributed by atoms with Gasteiger partial charge in [0.2, 0.25) is 0 Å².